The fourth-order valence-corrected chi connectivity index (χ4v) is 9.03. The molecule has 1 aliphatic heterocycles. The number of pyridine rings is 1. The number of amides is 1. The van der Waals surface area contributed by atoms with E-state index in [0.29, 0.717) is 40.7 Å². The number of thiophene rings is 1. The molecule has 1 amide bonds. The molecule has 12 heteroatoms. The minimum absolute atomic E-state index is 0.0654. The van der Waals surface area contributed by atoms with Crippen LogP contribution in [0.15, 0.2) is 150 Å². The minimum Gasteiger partial charge on any atom is -0.506 e. The van der Waals surface area contributed by atoms with Gasteiger partial charge in [-0.25, -0.2) is 4.79 Å². The smallest absolute Gasteiger partial charge is 0.347 e. The van der Waals surface area contributed by atoms with Gasteiger partial charge in [-0.2, -0.15) is 0 Å². The van der Waals surface area contributed by atoms with Gasteiger partial charge in [-0.3, -0.25) is 14.5 Å². The minimum atomic E-state index is -2.01. The number of aliphatic hydroxyl groups excluding tert-OH is 1. The van der Waals surface area contributed by atoms with Crippen molar-refractivity contribution in [3.05, 3.63) is 194 Å². The first kappa shape index (κ1) is 43.2. The number of carbonyl (C=O) groups is 2. The Labute approximate surface area is 369 Å². The van der Waals surface area contributed by atoms with Gasteiger partial charge in [-0.15, -0.1) is 11.3 Å². The number of aliphatic hydroxyl groups is 2. The predicted molar refractivity (Wildman–Crippen MR) is 245 cm³/mol. The lowest BCUT2D eigenvalue weighted by Crippen LogP contribution is -2.40. The van der Waals surface area contributed by atoms with Crippen LogP contribution in [0.5, 0.6) is 5.75 Å². The number of nitrogens with zero attached hydrogens (tertiary/aromatic N) is 1. The van der Waals surface area contributed by atoms with E-state index in [2.05, 4.69) is 44.8 Å². The highest BCUT2D eigenvalue weighted by Crippen LogP contribution is 2.36. The molecule has 8 rings (SSSR count). The second-order valence-electron chi connectivity index (χ2n) is 16.1. The Morgan fingerprint density at radius 1 is 0.810 bits per heavy atom. The zero-order chi connectivity index (χ0) is 43.8. The number of aromatic nitrogens is 1. The molecule has 0 spiro atoms. The molecule has 2 aromatic heterocycles. The number of esters is 1. The Balaban J connectivity index is 0.848. The van der Waals surface area contributed by atoms with Gasteiger partial charge in [0.05, 0.1) is 18.2 Å². The number of aromatic hydroxyl groups is 1. The van der Waals surface area contributed by atoms with Gasteiger partial charge in [-0.1, -0.05) is 97.1 Å². The lowest BCUT2D eigenvalue weighted by Gasteiger charge is -2.33. The van der Waals surface area contributed by atoms with Crippen LogP contribution in [-0.2, 0) is 34.8 Å². The number of likely N-dealkylation sites (tertiary alicyclic amines) is 1. The maximum atomic E-state index is 14.0. The molecule has 0 radical (unpaired) electrons. The number of carbonyl (C=O) groups excluding carboxylic acids is 2. The van der Waals surface area contributed by atoms with Gasteiger partial charge in [0.1, 0.15) is 5.75 Å². The summed E-state index contributed by atoms with van der Waals surface area (Å²) >= 11 is 1.51. The number of ether oxygens (including phenoxy) is 1. The van der Waals surface area contributed by atoms with Crippen LogP contribution in [0.2, 0.25) is 0 Å². The molecule has 0 saturated carbocycles. The van der Waals surface area contributed by atoms with E-state index in [1.165, 1.54) is 29.0 Å². The maximum Gasteiger partial charge on any atom is 0.347 e. The van der Waals surface area contributed by atoms with E-state index >= 15 is 0 Å². The SMILES string of the molecule is O=C(NCc1csc(-c2cccc(C(O)(C(=O)OCC3CCN(Cc4ccccc4)CC3)c3ccccc3)c2)c1)c1ccc(CNCC(O)c2ccc(O)c3[nH]c(=O)ccc23)cc1. The van der Waals surface area contributed by atoms with Gasteiger partial charge in [0.2, 0.25) is 11.2 Å². The summed E-state index contributed by atoms with van der Waals surface area (Å²) in [5, 5.41) is 42.1. The van der Waals surface area contributed by atoms with Crippen molar-refractivity contribution in [2.24, 2.45) is 5.92 Å². The third-order valence-electron chi connectivity index (χ3n) is 11.7. The van der Waals surface area contributed by atoms with Crippen LogP contribution in [-0.4, -0.2) is 63.3 Å². The summed E-state index contributed by atoms with van der Waals surface area (Å²) < 4.78 is 5.94. The largest absolute Gasteiger partial charge is 0.506 e. The summed E-state index contributed by atoms with van der Waals surface area (Å²) in [4.78, 5) is 44.8. The predicted octanol–water partition coefficient (Wildman–Crippen LogP) is 7.41. The van der Waals surface area contributed by atoms with E-state index in [9.17, 15) is 29.7 Å². The van der Waals surface area contributed by atoms with Crippen molar-refractivity contribution in [1.29, 1.82) is 0 Å². The number of benzene rings is 5. The summed E-state index contributed by atoms with van der Waals surface area (Å²) in [5.41, 5.74) is 3.80. The molecule has 1 saturated heterocycles. The van der Waals surface area contributed by atoms with Gasteiger partial charge in [-0.05, 0) is 107 Å². The van der Waals surface area contributed by atoms with Crippen molar-refractivity contribution in [2.45, 2.75) is 44.2 Å². The molecule has 0 aliphatic carbocycles. The molecular weight excluding hydrogens is 813 g/mol. The molecule has 7 aromatic rings. The molecule has 63 heavy (non-hydrogen) atoms. The molecule has 3 heterocycles. The van der Waals surface area contributed by atoms with Crippen molar-refractivity contribution < 1.29 is 29.6 Å². The van der Waals surface area contributed by atoms with E-state index in [-0.39, 0.29) is 41.8 Å². The number of phenolic OH excluding ortho intramolecular Hbond substituents is 1. The van der Waals surface area contributed by atoms with Crippen LogP contribution in [0.1, 0.15) is 62.7 Å². The van der Waals surface area contributed by atoms with Crippen molar-refractivity contribution in [2.75, 3.05) is 26.2 Å². The van der Waals surface area contributed by atoms with Crippen molar-refractivity contribution in [3.63, 3.8) is 0 Å². The topological polar surface area (TPSA) is 164 Å². The van der Waals surface area contributed by atoms with E-state index in [0.717, 1.165) is 54.0 Å². The monoisotopic (exact) mass is 862 g/mol. The van der Waals surface area contributed by atoms with Crippen LogP contribution in [0.25, 0.3) is 21.3 Å². The van der Waals surface area contributed by atoms with E-state index in [1.54, 1.807) is 54.6 Å². The summed E-state index contributed by atoms with van der Waals surface area (Å²) in [7, 11) is 0. The average Bonchev–Trinajstić information content (AvgIpc) is 3.80. The Morgan fingerprint density at radius 2 is 1.54 bits per heavy atom. The first-order valence-corrected chi connectivity index (χ1v) is 22.0. The van der Waals surface area contributed by atoms with Gasteiger partial charge in [0.15, 0.2) is 0 Å². The molecular formula is C51H50N4O7S. The number of H-pyrrole nitrogens is 1. The van der Waals surface area contributed by atoms with Crippen LogP contribution in [0.4, 0.5) is 0 Å². The normalized spacial score (nSPS) is 14.8. The molecule has 11 nitrogen and oxygen atoms in total. The van der Waals surface area contributed by atoms with Crippen molar-refractivity contribution >= 4 is 34.1 Å². The number of aromatic amines is 1. The lowest BCUT2D eigenvalue weighted by molar-refractivity contribution is -0.164. The second-order valence-corrected chi connectivity index (χ2v) is 17.0. The molecule has 2 unspecified atom stereocenters. The maximum absolute atomic E-state index is 14.0. The van der Waals surface area contributed by atoms with Gasteiger partial charge in [0, 0.05) is 53.6 Å². The Morgan fingerprint density at radius 3 is 2.30 bits per heavy atom. The molecule has 1 aliphatic rings. The Hall–Kier alpha value is -6.41. The quantitative estimate of drug-likeness (QED) is 0.0544. The number of piperidine rings is 1. The van der Waals surface area contributed by atoms with Gasteiger partial charge < -0.3 is 35.7 Å². The first-order valence-electron chi connectivity index (χ1n) is 21.1. The first-order chi connectivity index (χ1) is 30.6. The molecule has 322 valence electrons. The molecule has 6 N–H and O–H groups in total. The number of nitrogens with one attached hydrogen (secondary N) is 3. The highest BCUT2D eigenvalue weighted by Gasteiger charge is 2.42. The lowest BCUT2D eigenvalue weighted by atomic mass is 9.85. The third kappa shape index (κ3) is 10.3. The molecule has 0 bridgehead atoms. The van der Waals surface area contributed by atoms with Crippen molar-refractivity contribution in [3.8, 4) is 16.2 Å². The van der Waals surface area contributed by atoms with Crippen molar-refractivity contribution in [1.82, 2.24) is 20.5 Å². The zero-order valence-electron chi connectivity index (χ0n) is 34.7. The average molecular weight is 863 g/mol. The summed E-state index contributed by atoms with van der Waals surface area (Å²) in [6, 6.07) is 42.0. The highest BCUT2D eigenvalue weighted by molar-refractivity contribution is 7.13. The highest BCUT2D eigenvalue weighted by atomic mass is 32.1. The van der Waals surface area contributed by atoms with E-state index in [1.807, 2.05) is 53.9 Å². The number of hydrogen-bond acceptors (Lipinski definition) is 10. The van der Waals surface area contributed by atoms with Gasteiger partial charge in [0.25, 0.3) is 5.91 Å². The summed E-state index contributed by atoms with van der Waals surface area (Å²) in [6.07, 6.45) is 0.932. The standard InChI is InChI=1S/C51H50N4O7S/c56-44-20-18-42(43-19-21-47(58)54-48(43)44)45(57)30-52-28-34-14-16-38(17-15-34)49(59)53-29-37-26-46(63-33-37)39-10-7-13-41(27-39)51(61,40-11-5-2-6-12-40)50(60)62-32-36-22-24-55(25-23-36)31-35-8-3-1-4-9-35/h1-21,26-27,33,36,45,52,56-57,61H,22-25,28-32H2,(H,53,59)(H,54,58). The van der Waals surface area contributed by atoms with E-state index in [4.69, 9.17) is 4.74 Å². The molecule has 5 aromatic carbocycles. The Kier molecular flexibility index (Phi) is 13.6. The molecule has 1 fully saturated rings. The molecule has 2 atom stereocenters. The number of fused-ring (bicyclic) bond motifs is 1. The Bertz CT molecular complexity index is 2710. The number of rotatable bonds is 16. The van der Waals surface area contributed by atoms with Crippen LogP contribution >= 0.6 is 11.3 Å². The van der Waals surface area contributed by atoms with Crippen LogP contribution in [0.3, 0.4) is 0 Å². The zero-order valence-corrected chi connectivity index (χ0v) is 35.5. The van der Waals surface area contributed by atoms with Gasteiger partial charge >= 0.3 is 5.97 Å². The van der Waals surface area contributed by atoms with E-state index < -0.39 is 17.7 Å². The fraction of sp³-hybridized carbons (Fsp3) is 0.235. The van der Waals surface area contributed by atoms with Crippen LogP contribution in [0, 0.1) is 5.92 Å². The second kappa shape index (κ2) is 19.7. The summed E-state index contributed by atoms with van der Waals surface area (Å²) in [5.74, 6) is -0.775. The van der Waals surface area contributed by atoms with Crippen LogP contribution < -0.4 is 16.2 Å². The fourth-order valence-electron chi connectivity index (χ4n) is 8.12. The third-order valence-corrected chi connectivity index (χ3v) is 12.7. The number of phenols is 1. The number of hydrogen-bond donors (Lipinski definition) is 6. The summed E-state index contributed by atoms with van der Waals surface area (Å²) in [6.45, 7) is 3.97.